The first-order chi connectivity index (χ1) is 9.58. The van der Waals surface area contributed by atoms with Gasteiger partial charge in [0.05, 0.1) is 19.1 Å². The Morgan fingerprint density at radius 1 is 1.50 bits per heavy atom. The van der Waals surface area contributed by atoms with E-state index >= 15 is 0 Å². The molecule has 0 aromatic carbocycles. The Balaban J connectivity index is 2.43. The summed E-state index contributed by atoms with van der Waals surface area (Å²) in [6.07, 6.45) is 1.33. The monoisotopic (exact) mass is 281 g/mol. The quantitative estimate of drug-likeness (QED) is 0.464. The Labute approximate surface area is 115 Å². The lowest BCUT2D eigenvalue weighted by Crippen LogP contribution is -2.37. The van der Waals surface area contributed by atoms with Crippen LogP contribution in [0.5, 0.6) is 5.88 Å². The van der Waals surface area contributed by atoms with Gasteiger partial charge in [-0.15, -0.1) is 0 Å². The summed E-state index contributed by atoms with van der Waals surface area (Å²) in [6, 6.07) is 2.21. The van der Waals surface area contributed by atoms with E-state index in [4.69, 9.17) is 9.47 Å². The van der Waals surface area contributed by atoms with E-state index in [1.54, 1.807) is 4.90 Å². The van der Waals surface area contributed by atoms with Gasteiger partial charge in [-0.05, 0) is 12.8 Å². The first kappa shape index (κ1) is 14.0. The molecule has 0 saturated carbocycles. The summed E-state index contributed by atoms with van der Waals surface area (Å²) < 4.78 is 9.73. The van der Waals surface area contributed by atoms with Crippen molar-refractivity contribution in [2.45, 2.75) is 18.9 Å². The number of hydrogen-bond donors (Lipinski definition) is 0. The van der Waals surface area contributed by atoms with Crippen LogP contribution < -0.4 is 9.64 Å². The second-order valence-corrected chi connectivity index (χ2v) is 4.33. The number of anilines is 1. The van der Waals surface area contributed by atoms with Gasteiger partial charge in [0.25, 0.3) is 0 Å². The maximum absolute atomic E-state index is 11.7. The van der Waals surface area contributed by atoms with Crippen molar-refractivity contribution in [1.29, 1.82) is 0 Å². The van der Waals surface area contributed by atoms with Crippen LogP contribution >= 0.6 is 0 Å². The van der Waals surface area contributed by atoms with Crippen LogP contribution in [0.15, 0.2) is 12.1 Å². The van der Waals surface area contributed by atoms with Gasteiger partial charge in [-0.25, -0.2) is 4.79 Å². The number of esters is 1. The minimum Gasteiger partial charge on any atom is -0.481 e. The summed E-state index contributed by atoms with van der Waals surface area (Å²) in [5.41, 5.74) is -0.151. The number of carbonyl (C=O) groups is 1. The Morgan fingerprint density at radius 3 is 2.85 bits per heavy atom. The van der Waals surface area contributed by atoms with E-state index in [1.807, 2.05) is 0 Å². The molecule has 0 bridgehead atoms. The lowest BCUT2D eigenvalue weighted by atomic mass is 10.2. The highest BCUT2D eigenvalue weighted by molar-refractivity contribution is 5.81. The van der Waals surface area contributed by atoms with Gasteiger partial charge >= 0.3 is 11.7 Å². The maximum Gasteiger partial charge on any atom is 0.328 e. The number of aromatic nitrogens is 1. The second-order valence-electron chi connectivity index (χ2n) is 4.33. The molecule has 1 aromatic rings. The average Bonchev–Trinajstić information content (AvgIpc) is 2.94. The van der Waals surface area contributed by atoms with Crippen LogP contribution in [0, 0.1) is 10.1 Å². The van der Waals surface area contributed by atoms with E-state index in [2.05, 4.69) is 4.98 Å². The molecule has 0 radical (unpaired) electrons. The third-order valence-corrected chi connectivity index (χ3v) is 3.23. The number of pyridine rings is 1. The SMILES string of the molecule is COC(=O)C1CCCN1c1nc(OC)ccc1[N+](=O)[O-]. The van der Waals surface area contributed by atoms with Crippen LogP contribution in [0.1, 0.15) is 12.8 Å². The van der Waals surface area contributed by atoms with Gasteiger partial charge in [0.1, 0.15) is 6.04 Å². The van der Waals surface area contributed by atoms with Gasteiger partial charge in [-0.2, -0.15) is 4.98 Å². The molecular formula is C12H15N3O5. The number of carbonyl (C=O) groups excluding carboxylic acids is 1. The zero-order valence-corrected chi connectivity index (χ0v) is 11.2. The summed E-state index contributed by atoms with van der Waals surface area (Å²) >= 11 is 0. The molecule has 0 amide bonds. The summed E-state index contributed by atoms with van der Waals surface area (Å²) in [4.78, 5) is 28.0. The smallest absolute Gasteiger partial charge is 0.328 e. The van der Waals surface area contributed by atoms with Gasteiger partial charge < -0.3 is 14.4 Å². The highest BCUT2D eigenvalue weighted by Gasteiger charge is 2.36. The van der Waals surface area contributed by atoms with E-state index in [-0.39, 0.29) is 17.4 Å². The Bertz CT molecular complexity index is 534. The molecule has 1 unspecified atom stereocenters. The minimum atomic E-state index is -0.543. The van der Waals surface area contributed by atoms with Crippen LogP contribution in [-0.4, -0.2) is 42.7 Å². The van der Waals surface area contributed by atoms with Crippen LogP contribution in [0.3, 0.4) is 0 Å². The normalized spacial score (nSPS) is 17.9. The van der Waals surface area contributed by atoms with Crippen LogP contribution in [0.4, 0.5) is 11.5 Å². The Hall–Kier alpha value is -2.38. The van der Waals surface area contributed by atoms with Crippen LogP contribution in [0.25, 0.3) is 0 Å². The molecule has 0 spiro atoms. The molecule has 1 saturated heterocycles. The largest absolute Gasteiger partial charge is 0.481 e. The predicted octanol–water partition coefficient (Wildman–Crippen LogP) is 1.14. The van der Waals surface area contributed by atoms with Gasteiger partial charge in [0.2, 0.25) is 11.7 Å². The molecule has 1 aliphatic rings. The topological polar surface area (TPSA) is 94.8 Å². The summed E-state index contributed by atoms with van der Waals surface area (Å²) in [7, 11) is 2.73. The molecule has 8 heteroatoms. The van der Waals surface area contributed by atoms with Crippen LogP contribution in [0.2, 0.25) is 0 Å². The predicted molar refractivity (Wildman–Crippen MR) is 69.8 cm³/mol. The van der Waals surface area contributed by atoms with Crippen molar-refractivity contribution in [2.24, 2.45) is 0 Å². The number of hydrogen-bond acceptors (Lipinski definition) is 7. The lowest BCUT2D eigenvalue weighted by molar-refractivity contribution is -0.384. The number of methoxy groups -OCH3 is 2. The van der Waals surface area contributed by atoms with Crippen molar-refractivity contribution in [2.75, 3.05) is 25.7 Å². The maximum atomic E-state index is 11.7. The first-order valence-corrected chi connectivity index (χ1v) is 6.12. The molecule has 0 N–H and O–H groups in total. The molecule has 2 rings (SSSR count). The fourth-order valence-corrected chi connectivity index (χ4v) is 2.29. The number of rotatable bonds is 4. The van der Waals surface area contributed by atoms with Gasteiger partial charge in [-0.3, -0.25) is 10.1 Å². The van der Waals surface area contributed by atoms with Gasteiger partial charge in [-0.1, -0.05) is 0 Å². The molecule has 1 fully saturated rings. The number of nitrogens with zero attached hydrogens (tertiary/aromatic N) is 3. The van der Waals surface area contributed by atoms with Crippen molar-refractivity contribution in [3.05, 3.63) is 22.2 Å². The zero-order valence-electron chi connectivity index (χ0n) is 11.2. The summed E-state index contributed by atoms with van der Waals surface area (Å²) in [5.74, 6) is -0.00946. The fourth-order valence-electron chi connectivity index (χ4n) is 2.29. The van der Waals surface area contributed by atoms with Crippen molar-refractivity contribution < 1.29 is 19.2 Å². The molecule has 2 heterocycles. The van der Waals surface area contributed by atoms with E-state index < -0.39 is 16.9 Å². The minimum absolute atomic E-state index is 0.141. The number of ether oxygens (including phenoxy) is 2. The average molecular weight is 281 g/mol. The molecular weight excluding hydrogens is 266 g/mol. The van der Waals surface area contributed by atoms with E-state index in [0.717, 1.165) is 6.42 Å². The van der Waals surface area contributed by atoms with Crippen molar-refractivity contribution in [1.82, 2.24) is 4.98 Å². The van der Waals surface area contributed by atoms with E-state index in [0.29, 0.717) is 13.0 Å². The van der Waals surface area contributed by atoms with Crippen molar-refractivity contribution in [3.8, 4) is 5.88 Å². The fraction of sp³-hybridized carbons (Fsp3) is 0.500. The molecule has 108 valence electrons. The van der Waals surface area contributed by atoms with Crippen molar-refractivity contribution >= 4 is 17.5 Å². The molecule has 1 atom stereocenters. The summed E-state index contributed by atoms with van der Waals surface area (Å²) in [6.45, 7) is 0.515. The first-order valence-electron chi connectivity index (χ1n) is 6.12. The lowest BCUT2D eigenvalue weighted by Gasteiger charge is -2.23. The Morgan fingerprint density at radius 2 is 2.25 bits per heavy atom. The van der Waals surface area contributed by atoms with E-state index in [9.17, 15) is 14.9 Å². The molecule has 1 aromatic heterocycles. The van der Waals surface area contributed by atoms with E-state index in [1.165, 1.54) is 26.4 Å². The van der Waals surface area contributed by atoms with Gasteiger partial charge in [0.15, 0.2) is 0 Å². The van der Waals surface area contributed by atoms with Gasteiger partial charge in [0, 0.05) is 18.7 Å². The second kappa shape index (κ2) is 5.72. The summed E-state index contributed by atoms with van der Waals surface area (Å²) in [5, 5.41) is 11.1. The van der Waals surface area contributed by atoms with Crippen molar-refractivity contribution in [3.63, 3.8) is 0 Å². The van der Waals surface area contributed by atoms with Crippen LogP contribution in [-0.2, 0) is 9.53 Å². The molecule has 8 nitrogen and oxygen atoms in total. The molecule has 1 aliphatic heterocycles. The number of nitro groups is 1. The standard InChI is InChI=1S/C12H15N3O5/c1-19-10-6-5-8(15(17)18)11(13-10)14-7-3-4-9(14)12(16)20-2/h5-6,9H,3-4,7H2,1-2H3. The molecule has 0 aliphatic carbocycles. The third kappa shape index (κ3) is 2.49. The third-order valence-electron chi connectivity index (χ3n) is 3.23. The highest BCUT2D eigenvalue weighted by atomic mass is 16.6. The zero-order chi connectivity index (χ0) is 14.7. The highest BCUT2D eigenvalue weighted by Crippen LogP contribution is 2.33. The Kier molecular flexibility index (Phi) is 4.02. The molecule has 20 heavy (non-hydrogen) atoms.